The molecule has 0 aromatic rings. The van der Waals surface area contributed by atoms with E-state index in [1.807, 2.05) is 6.08 Å². The molecule has 0 aromatic heterocycles. The van der Waals surface area contributed by atoms with Crippen molar-refractivity contribution in [2.24, 2.45) is 0 Å². The quantitative estimate of drug-likeness (QED) is 0.166. The van der Waals surface area contributed by atoms with Crippen molar-refractivity contribution in [3.63, 3.8) is 0 Å². The minimum absolute atomic E-state index is 1.07. The van der Waals surface area contributed by atoms with Crippen LogP contribution >= 0.6 is 0 Å². The molecule has 0 spiro atoms. The van der Waals surface area contributed by atoms with E-state index in [0.717, 1.165) is 12.8 Å². The van der Waals surface area contributed by atoms with Crippen molar-refractivity contribution in [1.82, 2.24) is 0 Å². The molecule has 0 aliphatic heterocycles. The van der Waals surface area contributed by atoms with Crippen molar-refractivity contribution in [1.29, 1.82) is 0 Å². The Morgan fingerprint density at radius 3 is 1.35 bits per heavy atom. The maximum Gasteiger partial charge on any atom is 0.497 e. The fraction of sp³-hybridized carbons (Fsp3) is 0.789. The molecule has 26 heavy (non-hydrogen) atoms. The highest BCUT2D eigenvalue weighted by atomic mass is 28.5. The van der Waals surface area contributed by atoms with Crippen LogP contribution < -0.4 is 0 Å². The van der Waals surface area contributed by atoms with Crippen LogP contribution in [0, 0.1) is 0 Å². The summed E-state index contributed by atoms with van der Waals surface area (Å²) in [6.07, 6.45) is 11.5. The van der Waals surface area contributed by atoms with E-state index in [1.165, 1.54) is 25.7 Å². The Hall–Kier alpha value is 0.228. The van der Waals surface area contributed by atoms with Gasteiger partial charge in [0.05, 0.1) is 0 Å². The summed E-state index contributed by atoms with van der Waals surface area (Å²) in [6.45, 7) is 23.8. The molecule has 3 nitrogen and oxygen atoms in total. The smallest absolute Gasteiger partial charge is 0.414 e. The van der Waals surface area contributed by atoms with Gasteiger partial charge in [-0.15, -0.1) is 6.58 Å². The van der Waals surface area contributed by atoms with Gasteiger partial charge in [-0.2, -0.15) is 0 Å². The van der Waals surface area contributed by atoms with Gasteiger partial charge in [0.2, 0.25) is 0 Å². The predicted octanol–water partition coefficient (Wildman–Crippen LogP) is 7.10. The van der Waals surface area contributed by atoms with Crippen molar-refractivity contribution in [2.45, 2.75) is 97.4 Å². The summed E-state index contributed by atoms with van der Waals surface area (Å²) in [5.41, 5.74) is 2.20. The summed E-state index contributed by atoms with van der Waals surface area (Å²) in [5.74, 6) is 0. The first-order valence-corrected chi connectivity index (χ1v) is 22.1. The molecular weight excluding hydrogens is 389 g/mol. The lowest BCUT2D eigenvalue weighted by Crippen LogP contribution is -2.59. The van der Waals surface area contributed by atoms with E-state index >= 15 is 0 Å². The lowest BCUT2D eigenvalue weighted by atomic mass is 10.1. The number of unbranched alkanes of at least 4 members (excludes halogenated alkanes) is 5. The van der Waals surface area contributed by atoms with Gasteiger partial charge in [0.1, 0.15) is 0 Å². The van der Waals surface area contributed by atoms with E-state index in [9.17, 15) is 0 Å². The SMILES string of the molecule is C=CCCCCCC/C=C/[Si](O[Si](C)(C)C)(O[Si](C)(C)C)O[Si](C)(C)C. The molecule has 7 heteroatoms. The second-order valence-electron chi connectivity index (χ2n) is 9.93. The Morgan fingerprint density at radius 1 is 0.615 bits per heavy atom. The molecule has 0 heterocycles. The molecule has 0 aliphatic rings. The molecule has 0 bridgehead atoms. The van der Waals surface area contributed by atoms with Gasteiger partial charge in [-0.1, -0.05) is 25.0 Å². The topological polar surface area (TPSA) is 27.7 Å². The van der Waals surface area contributed by atoms with Gasteiger partial charge in [0.25, 0.3) is 0 Å². The van der Waals surface area contributed by atoms with Gasteiger partial charge in [-0.3, -0.25) is 0 Å². The maximum atomic E-state index is 6.64. The van der Waals surface area contributed by atoms with Crippen LogP contribution in [0.15, 0.2) is 24.4 Å². The molecule has 0 rings (SSSR count). The summed E-state index contributed by atoms with van der Waals surface area (Å²) in [6, 6.07) is 0. The van der Waals surface area contributed by atoms with E-state index < -0.39 is 33.8 Å². The zero-order valence-corrected chi connectivity index (χ0v) is 22.9. The van der Waals surface area contributed by atoms with Crippen LogP contribution in [0.25, 0.3) is 0 Å². The van der Waals surface area contributed by atoms with E-state index in [0.29, 0.717) is 0 Å². The molecule has 0 unspecified atom stereocenters. The molecule has 0 fully saturated rings. The third-order valence-electron chi connectivity index (χ3n) is 3.20. The molecule has 154 valence electrons. The first-order valence-electron chi connectivity index (χ1n) is 10.1. The van der Waals surface area contributed by atoms with E-state index in [-0.39, 0.29) is 0 Å². The highest BCUT2D eigenvalue weighted by molar-refractivity contribution is 6.92. The minimum Gasteiger partial charge on any atom is -0.414 e. The van der Waals surface area contributed by atoms with Gasteiger partial charge < -0.3 is 12.3 Å². The predicted molar refractivity (Wildman–Crippen MR) is 126 cm³/mol. The van der Waals surface area contributed by atoms with Crippen LogP contribution in [-0.4, -0.2) is 33.8 Å². The van der Waals surface area contributed by atoms with Crippen LogP contribution in [0.5, 0.6) is 0 Å². The van der Waals surface area contributed by atoms with Crippen LogP contribution in [0.1, 0.15) is 38.5 Å². The summed E-state index contributed by atoms with van der Waals surface area (Å²) in [4.78, 5) is 0. The molecule has 0 saturated heterocycles. The molecule has 0 N–H and O–H groups in total. The lowest BCUT2D eigenvalue weighted by molar-refractivity contribution is 0.271. The average molecular weight is 433 g/mol. The van der Waals surface area contributed by atoms with Crippen molar-refractivity contribution >= 4 is 33.8 Å². The largest absolute Gasteiger partial charge is 0.497 e. The summed E-state index contributed by atoms with van der Waals surface area (Å²) < 4.78 is 19.9. The number of allylic oxidation sites excluding steroid dienone is 2. The Kier molecular flexibility index (Phi) is 11.4. The maximum absolute atomic E-state index is 6.64. The Balaban J connectivity index is 5.13. The zero-order chi connectivity index (χ0) is 20.5. The summed E-state index contributed by atoms with van der Waals surface area (Å²) in [7, 11) is -8.15. The van der Waals surface area contributed by atoms with Gasteiger partial charge in [0.15, 0.2) is 25.0 Å². The fourth-order valence-corrected chi connectivity index (χ4v) is 15.7. The number of rotatable bonds is 14. The first kappa shape index (κ1) is 26.2. The van der Waals surface area contributed by atoms with E-state index in [4.69, 9.17) is 12.3 Å². The van der Waals surface area contributed by atoms with Crippen molar-refractivity contribution in [3.05, 3.63) is 24.4 Å². The van der Waals surface area contributed by atoms with Gasteiger partial charge in [0, 0.05) is 0 Å². The van der Waals surface area contributed by atoms with Gasteiger partial charge >= 0.3 is 8.80 Å². The van der Waals surface area contributed by atoms with Gasteiger partial charge in [-0.25, -0.2) is 0 Å². The molecule has 0 aliphatic carbocycles. The van der Waals surface area contributed by atoms with Crippen LogP contribution in [0.2, 0.25) is 58.9 Å². The second kappa shape index (κ2) is 11.3. The Bertz CT molecular complexity index is 391. The van der Waals surface area contributed by atoms with E-state index in [2.05, 4.69) is 77.3 Å². The third kappa shape index (κ3) is 15.3. The van der Waals surface area contributed by atoms with Crippen LogP contribution in [0.4, 0.5) is 0 Å². The molecule has 0 atom stereocenters. The average Bonchev–Trinajstić information content (AvgIpc) is 2.35. The minimum atomic E-state index is -2.79. The molecule has 0 amide bonds. The number of hydrogen-bond acceptors (Lipinski definition) is 3. The highest BCUT2D eigenvalue weighted by Crippen LogP contribution is 2.27. The fourth-order valence-electron chi connectivity index (χ4n) is 2.58. The Morgan fingerprint density at radius 2 is 1.00 bits per heavy atom. The summed E-state index contributed by atoms with van der Waals surface area (Å²) in [5, 5.41) is 0. The third-order valence-corrected chi connectivity index (χ3v) is 14.6. The second-order valence-corrected chi connectivity index (χ2v) is 26.6. The lowest BCUT2D eigenvalue weighted by Gasteiger charge is -2.41. The van der Waals surface area contributed by atoms with Crippen LogP contribution in [0.3, 0.4) is 0 Å². The van der Waals surface area contributed by atoms with Crippen molar-refractivity contribution in [3.8, 4) is 0 Å². The van der Waals surface area contributed by atoms with Crippen molar-refractivity contribution < 1.29 is 12.3 Å². The first-order chi connectivity index (χ1) is 11.7. The normalized spacial score (nSPS) is 14.2. The molecule has 0 radical (unpaired) electrons. The Labute approximate surface area is 168 Å². The van der Waals surface area contributed by atoms with Crippen LogP contribution in [-0.2, 0) is 12.3 Å². The molecule has 0 aromatic carbocycles. The molecule has 0 saturated carbocycles. The highest BCUT2D eigenvalue weighted by Gasteiger charge is 2.48. The van der Waals surface area contributed by atoms with E-state index in [1.54, 1.807) is 0 Å². The number of hydrogen-bond donors (Lipinski definition) is 0. The summed E-state index contributed by atoms with van der Waals surface area (Å²) >= 11 is 0. The zero-order valence-electron chi connectivity index (χ0n) is 18.9. The monoisotopic (exact) mass is 432 g/mol. The van der Waals surface area contributed by atoms with Crippen molar-refractivity contribution in [2.75, 3.05) is 0 Å². The standard InChI is InChI=1S/C19H44O3Si4/c1-11-12-13-14-15-16-17-18-19-26(20-23(2,3)4,21-24(5,6)7)22-25(8,9)10/h11,18-19H,1,12-17H2,2-10H3/b19-18+. The molecular formula is C19H44O3Si4. The van der Waals surface area contributed by atoms with Gasteiger partial charge in [-0.05, 0) is 90.3 Å².